The van der Waals surface area contributed by atoms with E-state index in [1.807, 2.05) is 0 Å². The number of para-hydroxylation sites is 2. The minimum Gasteiger partial charge on any atom is -0.497 e. The van der Waals surface area contributed by atoms with Gasteiger partial charge in [-0.3, -0.25) is 19.1 Å². The maximum atomic E-state index is 15.5. The van der Waals surface area contributed by atoms with Gasteiger partial charge in [-0.05, 0) is 93.0 Å². The number of nitrogens with zero attached hydrogens (tertiary/aromatic N) is 4. The lowest BCUT2D eigenvalue weighted by atomic mass is 10.1. The number of anilines is 1. The van der Waals surface area contributed by atoms with E-state index in [2.05, 4.69) is 20.2 Å². The van der Waals surface area contributed by atoms with Gasteiger partial charge in [0, 0.05) is 41.6 Å². The number of piperidine rings is 1. The van der Waals surface area contributed by atoms with Crippen LogP contribution in [0.25, 0.3) is 27.6 Å². The van der Waals surface area contributed by atoms with Crippen LogP contribution < -0.4 is 29.8 Å². The molecular weight excluding hydrogens is 665 g/mol. The third kappa shape index (κ3) is 7.38. The van der Waals surface area contributed by atoms with Gasteiger partial charge in [0.15, 0.2) is 28.8 Å². The van der Waals surface area contributed by atoms with Gasteiger partial charge in [0.25, 0.3) is 11.5 Å². The smallest absolute Gasteiger partial charge is 0.287 e. The molecule has 0 unspecified atom stereocenters. The van der Waals surface area contributed by atoms with E-state index in [0.717, 1.165) is 32.1 Å². The summed E-state index contributed by atoms with van der Waals surface area (Å²) in [6.45, 7) is 3.81. The number of carbonyl (C=O) groups excluding carboxylic acids is 1. The molecule has 12 heteroatoms. The van der Waals surface area contributed by atoms with E-state index in [1.54, 1.807) is 87.1 Å². The predicted octanol–water partition coefficient (Wildman–Crippen LogP) is 7.39. The van der Waals surface area contributed by atoms with Gasteiger partial charge in [-0.15, -0.1) is 0 Å². The van der Waals surface area contributed by atoms with Crippen LogP contribution in [0.15, 0.2) is 95.9 Å². The Labute approximate surface area is 299 Å². The van der Waals surface area contributed by atoms with E-state index in [9.17, 15) is 9.59 Å². The first-order chi connectivity index (χ1) is 25.4. The molecule has 1 aliphatic rings. The van der Waals surface area contributed by atoms with Gasteiger partial charge in [0.05, 0.1) is 37.4 Å². The topological polar surface area (TPSA) is 117 Å². The number of pyridine rings is 1. The fraction of sp³-hybridized carbons (Fsp3) is 0.250. The van der Waals surface area contributed by atoms with Crippen molar-refractivity contribution >= 4 is 33.5 Å². The maximum Gasteiger partial charge on any atom is 0.287 e. The summed E-state index contributed by atoms with van der Waals surface area (Å²) >= 11 is 0. The average Bonchev–Trinajstić information content (AvgIpc) is 3.17. The molecule has 0 aliphatic carbocycles. The quantitative estimate of drug-likeness (QED) is 0.130. The van der Waals surface area contributed by atoms with Gasteiger partial charge in [-0.2, -0.15) is 0 Å². The van der Waals surface area contributed by atoms with Crippen LogP contribution in [0, 0.1) is 5.82 Å². The summed E-state index contributed by atoms with van der Waals surface area (Å²) in [4.78, 5) is 38.4. The maximum absolute atomic E-state index is 15.5. The number of benzene rings is 4. The molecule has 3 heterocycles. The lowest BCUT2D eigenvalue weighted by Crippen LogP contribution is -2.31. The van der Waals surface area contributed by atoms with Crippen LogP contribution >= 0.6 is 0 Å². The third-order valence-electron chi connectivity index (χ3n) is 9.03. The third-order valence-corrected chi connectivity index (χ3v) is 9.03. The highest BCUT2D eigenvalue weighted by atomic mass is 19.1. The van der Waals surface area contributed by atoms with E-state index < -0.39 is 17.3 Å². The molecule has 52 heavy (non-hydrogen) atoms. The number of hydrogen-bond donors (Lipinski definition) is 1. The lowest BCUT2D eigenvalue weighted by molar-refractivity contribution is 0.102. The Morgan fingerprint density at radius 3 is 2.42 bits per heavy atom. The standard InChI is InChI=1S/C40H38FN5O6/c1-49-28-14-12-27(13-15-28)46-33-10-5-4-9-31(33)44-38(40(46)48)39(47)43-26-11-16-35(30(41)23-26)52-34-17-18-42-32-25-37(36(50-2)24-29(32)34)51-22-8-21-45-19-6-3-7-20-45/h4-5,9-18,23-25H,3,6-8,19-22H2,1-2H3,(H,43,47). The van der Waals surface area contributed by atoms with Crippen molar-refractivity contribution in [3.63, 3.8) is 0 Å². The number of aromatic nitrogens is 3. The Balaban J connectivity index is 1.08. The predicted molar refractivity (Wildman–Crippen MR) is 197 cm³/mol. The molecule has 0 spiro atoms. The van der Waals surface area contributed by atoms with Crippen LogP contribution in [0.5, 0.6) is 28.7 Å². The Morgan fingerprint density at radius 2 is 1.65 bits per heavy atom. The summed E-state index contributed by atoms with van der Waals surface area (Å²) < 4.78 is 39.9. The fourth-order valence-corrected chi connectivity index (χ4v) is 6.38. The zero-order valence-corrected chi connectivity index (χ0v) is 28.9. The highest BCUT2D eigenvalue weighted by Gasteiger charge is 2.20. The minimum atomic E-state index is -0.789. The monoisotopic (exact) mass is 703 g/mol. The number of likely N-dealkylation sites (tertiary alicyclic amines) is 1. The van der Waals surface area contributed by atoms with Crippen molar-refractivity contribution in [3.05, 3.63) is 113 Å². The van der Waals surface area contributed by atoms with Gasteiger partial charge >= 0.3 is 0 Å². The number of fused-ring (bicyclic) bond motifs is 2. The van der Waals surface area contributed by atoms with E-state index in [4.69, 9.17) is 18.9 Å². The first-order valence-corrected chi connectivity index (χ1v) is 17.2. The molecule has 1 aliphatic heterocycles. The SMILES string of the molecule is COc1ccc(-n2c(=O)c(C(=O)Nc3ccc(Oc4ccnc5cc(OCCCN6CCCCC6)c(OC)cc45)c(F)c3)nc3ccccc32)cc1. The zero-order chi connectivity index (χ0) is 36.0. The highest BCUT2D eigenvalue weighted by molar-refractivity contribution is 6.03. The molecule has 1 N–H and O–H groups in total. The van der Waals surface area contributed by atoms with Gasteiger partial charge in [0.2, 0.25) is 0 Å². The van der Waals surface area contributed by atoms with Gasteiger partial charge in [0.1, 0.15) is 11.5 Å². The van der Waals surface area contributed by atoms with E-state index in [0.29, 0.717) is 57.2 Å². The number of carbonyl (C=O) groups is 1. The van der Waals surface area contributed by atoms with Crippen molar-refractivity contribution in [3.8, 4) is 34.4 Å². The molecule has 1 saturated heterocycles. The van der Waals surface area contributed by atoms with E-state index in [-0.39, 0.29) is 17.1 Å². The van der Waals surface area contributed by atoms with Crippen LogP contribution in [0.1, 0.15) is 36.2 Å². The number of hydrogen-bond acceptors (Lipinski definition) is 9. The average molecular weight is 704 g/mol. The molecule has 2 aromatic heterocycles. The van der Waals surface area contributed by atoms with Gasteiger partial charge in [-0.25, -0.2) is 9.37 Å². The van der Waals surface area contributed by atoms with Crippen LogP contribution in [0.3, 0.4) is 0 Å². The molecule has 1 fully saturated rings. The number of halogens is 1. The summed E-state index contributed by atoms with van der Waals surface area (Å²) in [6.07, 6.45) is 6.28. The van der Waals surface area contributed by atoms with Gasteiger partial charge < -0.3 is 29.2 Å². The van der Waals surface area contributed by atoms with E-state index >= 15 is 4.39 Å². The lowest BCUT2D eigenvalue weighted by Gasteiger charge is -2.26. The van der Waals surface area contributed by atoms with Crippen molar-refractivity contribution in [1.29, 1.82) is 0 Å². The van der Waals surface area contributed by atoms with Gasteiger partial charge in [-0.1, -0.05) is 18.6 Å². The molecule has 266 valence electrons. The molecule has 0 bridgehead atoms. The molecule has 11 nitrogen and oxygen atoms in total. The Kier molecular flexibility index (Phi) is 10.3. The van der Waals surface area contributed by atoms with E-state index in [1.165, 1.54) is 36.0 Å². The van der Waals surface area contributed by atoms with Crippen molar-refractivity contribution in [2.24, 2.45) is 0 Å². The summed E-state index contributed by atoms with van der Waals surface area (Å²) in [5.74, 6) is 0.459. The molecule has 0 atom stereocenters. The first kappa shape index (κ1) is 34.4. The summed E-state index contributed by atoms with van der Waals surface area (Å²) in [7, 11) is 3.11. The number of nitrogens with one attached hydrogen (secondary N) is 1. The number of rotatable bonds is 12. The summed E-state index contributed by atoms with van der Waals surface area (Å²) in [5, 5.41) is 3.21. The summed E-state index contributed by atoms with van der Waals surface area (Å²) in [6, 6.07) is 23.1. The number of methoxy groups -OCH3 is 2. The van der Waals surface area contributed by atoms with Crippen molar-refractivity contribution < 1.29 is 28.1 Å². The first-order valence-electron chi connectivity index (χ1n) is 17.2. The van der Waals surface area contributed by atoms with Crippen molar-refractivity contribution in [1.82, 2.24) is 19.4 Å². The number of amides is 1. The highest BCUT2D eigenvalue weighted by Crippen LogP contribution is 2.38. The molecule has 7 rings (SSSR count). The molecular formula is C40H38FN5O6. The van der Waals surface area contributed by atoms with Crippen LogP contribution in [-0.2, 0) is 0 Å². The molecule has 0 saturated carbocycles. The van der Waals surface area contributed by atoms with Crippen LogP contribution in [0.2, 0.25) is 0 Å². The molecule has 4 aromatic carbocycles. The van der Waals surface area contributed by atoms with Crippen molar-refractivity contribution in [2.75, 3.05) is 45.8 Å². The van der Waals surface area contributed by atoms with Crippen molar-refractivity contribution in [2.45, 2.75) is 25.7 Å². The molecule has 6 aromatic rings. The Bertz CT molecular complexity index is 2290. The fourth-order valence-electron chi connectivity index (χ4n) is 6.38. The zero-order valence-electron chi connectivity index (χ0n) is 28.9. The molecule has 1 amide bonds. The Morgan fingerprint density at radius 1 is 0.846 bits per heavy atom. The normalized spacial score (nSPS) is 13.2. The van der Waals surface area contributed by atoms with Crippen LogP contribution in [-0.4, -0.2) is 65.8 Å². The number of ether oxygens (including phenoxy) is 4. The second-order valence-electron chi connectivity index (χ2n) is 12.4. The van der Waals surface area contributed by atoms with Crippen LogP contribution in [0.4, 0.5) is 10.1 Å². The summed E-state index contributed by atoms with van der Waals surface area (Å²) in [5.41, 5.74) is 1.21. The Hall–Kier alpha value is -6.01. The largest absolute Gasteiger partial charge is 0.497 e. The molecule has 0 radical (unpaired) electrons. The minimum absolute atomic E-state index is 0.0757. The second-order valence-corrected chi connectivity index (χ2v) is 12.4. The second kappa shape index (κ2) is 15.5.